The van der Waals surface area contributed by atoms with Crippen LogP contribution in [0.2, 0.25) is 0 Å². The Hall–Kier alpha value is -1.95. The van der Waals surface area contributed by atoms with Gasteiger partial charge in [0.05, 0.1) is 19.3 Å². The van der Waals surface area contributed by atoms with Crippen LogP contribution in [0.4, 0.5) is 0 Å². The van der Waals surface area contributed by atoms with Gasteiger partial charge in [-0.1, -0.05) is 5.16 Å². The molecule has 0 bridgehead atoms. The minimum absolute atomic E-state index is 0.301. The molecule has 0 fully saturated rings. The number of rotatable bonds is 5. The summed E-state index contributed by atoms with van der Waals surface area (Å²) >= 11 is 0. The van der Waals surface area contributed by atoms with Crippen molar-refractivity contribution in [1.29, 1.82) is 0 Å². The van der Waals surface area contributed by atoms with E-state index < -0.39 is 0 Å². The summed E-state index contributed by atoms with van der Waals surface area (Å²) in [4.78, 5) is 8.55. The summed E-state index contributed by atoms with van der Waals surface area (Å²) < 4.78 is 10.3. The Morgan fingerprint density at radius 1 is 1.26 bits per heavy atom. The summed E-state index contributed by atoms with van der Waals surface area (Å²) in [6, 6.07) is 1.83. The number of hydrogen-bond donors (Lipinski definition) is 1. The number of aryl methyl sites for hydroxylation is 3. The van der Waals surface area contributed by atoms with Crippen LogP contribution in [0, 0.1) is 13.8 Å². The molecule has 2 aromatic rings. The lowest BCUT2D eigenvalue weighted by Gasteiger charge is -2.06. The zero-order valence-electron chi connectivity index (χ0n) is 11.4. The summed E-state index contributed by atoms with van der Waals surface area (Å²) in [5.41, 5.74) is 8.54. The Bertz CT molecular complexity index is 524. The van der Waals surface area contributed by atoms with Gasteiger partial charge in [0.25, 0.3) is 0 Å². The van der Waals surface area contributed by atoms with Gasteiger partial charge in [-0.25, -0.2) is 4.98 Å². The van der Waals surface area contributed by atoms with Crippen LogP contribution in [0.25, 0.3) is 0 Å². The van der Waals surface area contributed by atoms with Gasteiger partial charge >= 0.3 is 0 Å². The average Bonchev–Trinajstić information content (AvgIpc) is 2.75. The molecule has 0 spiro atoms. The molecule has 6 heteroatoms. The Labute approximate surface area is 112 Å². The van der Waals surface area contributed by atoms with Crippen molar-refractivity contribution in [2.75, 3.05) is 7.11 Å². The highest BCUT2D eigenvalue weighted by Gasteiger charge is 2.10. The largest absolute Gasteiger partial charge is 0.481 e. The smallest absolute Gasteiger partial charge is 0.216 e. The van der Waals surface area contributed by atoms with Gasteiger partial charge in [0.15, 0.2) is 0 Å². The fourth-order valence-electron chi connectivity index (χ4n) is 1.96. The molecular formula is C13H18N4O2. The maximum Gasteiger partial charge on any atom is 0.216 e. The van der Waals surface area contributed by atoms with Gasteiger partial charge in [-0.15, -0.1) is 0 Å². The van der Waals surface area contributed by atoms with Gasteiger partial charge in [0, 0.05) is 17.3 Å². The van der Waals surface area contributed by atoms with Gasteiger partial charge in [-0.3, -0.25) is 0 Å². The molecule has 0 saturated heterocycles. The quantitative estimate of drug-likeness (QED) is 0.874. The normalized spacial score (nSPS) is 10.7. The van der Waals surface area contributed by atoms with E-state index >= 15 is 0 Å². The molecule has 0 aliphatic carbocycles. The molecule has 2 aromatic heterocycles. The van der Waals surface area contributed by atoms with Crippen LogP contribution in [-0.2, 0) is 19.4 Å². The molecule has 19 heavy (non-hydrogen) atoms. The van der Waals surface area contributed by atoms with Crippen LogP contribution in [0.3, 0.4) is 0 Å². The van der Waals surface area contributed by atoms with Crippen molar-refractivity contribution in [3.05, 3.63) is 34.6 Å². The fraction of sp³-hybridized carbons (Fsp3) is 0.462. The Balaban J connectivity index is 2.15. The van der Waals surface area contributed by atoms with Crippen LogP contribution in [0.15, 0.2) is 10.6 Å². The Morgan fingerprint density at radius 3 is 2.63 bits per heavy atom. The van der Waals surface area contributed by atoms with E-state index in [-0.39, 0.29) is 0 Å². The van der Waals surface area contributed by atoms with E-state index in [9.17, 15) is 0 Å². The molecule has 2 N–H and O–H groups in total. The molecule has 2 rings (SSSR count). The fourth-order valence-corrected chi connectivity index (χ4v) is 1.96. The predicted octanol–water partition coefficient (Wildman–Crippen LogP) is 1.33. The van der Waals surface area contributed by atoms with Gasteiger partial charge in [0.1, 0.15) is 11.6 Å². The molecule has 0 unspecified atom stereocenters. The lowest BCUT2D eigenvalue weighted by Crippen LogP contribution is -2.07. The van der Waals surface area contributed by atoms with Crippen LogP contribution in [0.1, 0.15) is 28.5 Å². The highest BCUT2D eigenvalue weighted by molar-refractivity contribution is 5.23. The van der Waals surface area contributed by atoms with Gasteiger partial charge in [-0.2, -0.15) is 4.98 Å². The number of aromatic nitrogens is 3. The SMILES string of the molecule is COc1cc(CCc2c(C)noc2C)nc(CN)n1. The lowest BCUT2D eigenvalue weighted by atomic mass is 10.1. The number of nitrogens with two attached hydrogens (primary N) is 1. The summed E-state index contributed by atoms with van der Waals surface area (Å²) in [5.74, 6) is 2.00. The summed E-state index contributed by atoms with van der Waals surface area (Å²) in [6.07, 6.45) is 1.60. The first-order valence-corrected chi connectivity index (χ1v) is 6.16. The first-order valence-electron chi connectivity index (χ1n) is 6.16. The number of nitrogens with zero attached hydrogens (tertiary/aromatic N) is 3. The second kappa shape index (κ2) is 5.79. The van der Waals surface area contributed by atoms with Crippen molar-refractivity contribution < 1.29 is 9.26 Å². The van der Waals surface area contributed by atoms with E-state index in [1.807, 2.05) is 19.9 Å². The van der Waals surface area contributed by atoms with Gasteiger partial charge in [0.2, 0.25) is 5.88 Å². The second-order valence-corrected chi connectivity index (χ2v) is 4.32. The molecule has 6 nitrogen and oxygen atoms in total. The van der Waals surface area contributed by atoms with Crippen LogP contribution in [-0.4, -0.2) is 22.2 Å². The van der Waals surface area contributed by atoms with Crippen molar-refractivity contribution in [2.45, 2.75) is 33.2 Å². The maximum atomic E-state index is 5.58. The van der Waals surface area contributed by atoms with Crippen molar-refractivity contribution in [2.24, 2.45) is 5.73 Å². The molecule has 0 aliphatic rings. The zero-order valence-corrected chi connectivity index (χ0v) is 11.4. The van der Waals surface area contributed by atoms with Crippen molar-refractivity contribution in [3.63, 3.8) is 0 Å². The summed E-state index contributed by atoms with van der Waals surface area (Å²) in [6.45, 7) is 4.16. The standard InChI is InChI=1S/C13H18N4O2/c1-8-11(9(2)19-17-8)5-4-10-6-13(18-3)16-12(7-14)15-10/h6H,4-5,7,14H2,1-3H3. The monoisotopic (exact) mass is 262 g/mol. The minimum atomic E-state index is 0.301. The topological polar surface area (TPSA) is 87.1 Å². The molecule has 0 saturated carbocycles. The van der Waals surface area contributed by atoms with Gasteiger partial charge in [-0.05, 0) is 26.7 Å². The third kappa shape index (κ3) is 3.08. The second-order valence-electron chi connectivity index (χ2n) is 4.32. The number of hydrogen-bond acceptors (Lipinski definition) is 6. The van der Waals surface area contributed by atoms with Crippen molar-refractivity contribution >= 4 is 0 Å². The maximum absolute atomic E-state index is 5.58. The molecule has 0 aliphatic heterocycles. The summed E-state index contributed by atoms with van der Waals surface area (Å²) in [7, 11) is 1.58. The molecule has 0 radical (unpaired) electrons. The molecule has 2 heterocycles. The molecule has 0 atom stereocenters. The van der Waals surface area contributed by atoms with E-state index in [1.54, 1.807) is 7.11 Å². The molecule has 102 valence electrons. The lowest BCUT2D eigenvalue weighted by molar-refractivity contribution is 0.392. The van der Waals surface area contributed by atoms with Crippen molar-refractivity contribution in [1.82, 2.24) is 15.1 Å². The van der Waals surface area contributed by atoms with Crippen LogP contribution in [0.5, 0.6) is 5.88 Å². The van der Waals surface area contributed by atoms with E-state index in [0.29, 0.717) is 18.2 Å². The first-order chi connectivity index (χ1) is 9.13. The highest BCUT2D eigenvalue weighted by Crippen LogP contribution is 2.16. The van der Waals surface area contributed by atoms with E-state index in [4.69, 9.17) is 15.0 Å². The molecular weight excluding hydrogens is 244 g/mol. The minimum Gasteiger partial charge on any atom is -0.481 e. The molecule has 0 aromatic carbocycles. The molecule has 0 amide bonds. The van der Waals surface area contributed by atoms with Crippen LogP contribution < -0.4 is 10.5 Å². The third-order valence-corrected chi connectivity index (χ3v) is 3.01. The number of ether oxygens (including phenoxy) is 1. The van der Waals surface area contributed by atoms with E-state index in [1.165, 1.54) is 0 Å². The first kappa shape index (κ1) is 13.5. The van der Waals surface area contributed by atoms with E-state index in [0.717, 1.165) is 35.6 Å². The Morgan fingerprint density at radius 2 is 2.05 bits per heavy atom. The Kier molecular flexibility index (Phi) is 4.11. The predicted molar refractivity (Wildman–Crippen MR) is 69.9 cm³/mol. The van der Waals surface area contributed by atoms with E-state index in [2.05, 4.69) is 15.1 Å². The number of methoxy groups -OCH3 is 1. The average molecular weight is 262 g/mol. The van der Waals surface area contributed by atoms with Crippen molar-refractivity contribution in [3.8, 4) is 5.88 Å². The third-order valence-electron chi connectivity index (χ3n) is 3.01. The highest BCUT2D eigenvalue weighted by atomic mass is 16.5. The summed E-state index contributed by atoms with van der Waals surface area (Å²) in [5, 5.41) is 3.94. The van der Waals surface area contributed by atoms with Crippen LogP contribution >= 0.6 is 0 Å². The zero-order chi connectivity index (χ0) is 13.8. The van der Waals surface area contributed by atoms with Gasteiger partial charge < -0.3 is 15.0 Å².